The Hall–Kier alpha value is -4.78. The summed E-state index contributed by atoms with van der Waals surface area (Å²) in [6, 6.07) is 9.72. The lowest BCUT2D eigenvalue weighted by molar-refractivity contribution is -0.111. The number of fused-ring (bicyclic) bond motifs is 3. The Morgan fingerprint density at radius 2 is 1.82 bits per heavy atom. The van der Waals surface area contributed by atoms with E-state index in [9.17, 15) is 4.79 Å². The molecule has 0 unspecified atom stereocenters. The van der Waals surface area contributed by atoms with Gasteiger partial charge < -0.3 is 15.2 Å². The minimum absolute atomic E-state index is 0.00554. The number of aromatic nitrogens is 1. The van der Waals surface area contributed by atoms with E-state index in [2.05, 4.69) is 15.0 Å². The highest BCUT2D eigenvalue weighted by atomic mass is 16.5. The summed E-state index contributed by atoms with van der Waals surface area (Å²) >= 11 is 0. The largest absolute Gasteiger partial charge is 0.446 e. The normalized spacial score (nSPS) is 22.8. The van der Waals surface area contributed by atoms with Gasteiger partial charge >= 0.3 is 0 Å². The first-order chi connectivity index (χ1) is 16.2. The van der Waals surface area contributed by atoms with Gasteiger partial charge in [-0.05, 0) is 24.3 Å². The van der Waals surface area contributed by atoms with Crippen molar-refractivity contribution in [2.24, 2.45) is 15.7 Å². The van der Waals surface area contributed by atoms with E-state index in [1.165, 1.54) is 31.1 Å². The Kier molecular flexibility index (Phi) is 6.82. The number of para-hydroxylation sites is 1. The molecule has 33 heavy (non-hydrogen) atoms. The zero-order chi connectivity index (χ0) is 22.9. The third-order valence-electron chi connectivity index (χ3n) is 4.56. The number of ether oxygens (including phenoxy) is 2. The molecule has 4 rings (SSSR count). The van der Waals surface area contributed by atoms with Gasteiger partial charge in [0.05, 0.1) is 11.8 Å². The van der Waals surface area contributed by atoms with E-state index in [0.29, 0.717) is 11.6 Å². The molecule has 7 heteroatoms. The standard InChI is InChI=1S/C26H20N4O3/c27-25(31)23-13-16-32-26-21(17-20-8-4-5-11-22(20)30-26)9-3-1-2-7-19-10-6-12-24(19)33-18-28-14-15-29-23/h1-18H,(H2,27,31)/b2-1-,9-3-,15-14-,16-13-,19-7-,28-18?,29-23+. The van der Waals surface area contributed by atoms with Crippen LogP contribution in [0.1, 0.15) is 5.56 Å². The summed E-state index contributed by atoms with van der Waals surface area (Å²) in [6.07, 6.45) is 21.9. The first-order valence-corrected chi connectivity index (χ1v) is 10.1. The molecule has 7 nitrogen and oxygen atoms in total. The predicted octanol–water partition coefficient (Wildman–Crippen LogP) is 4.53. The molecular weight excluding hydrogens is 416 g/mol. The number of aliphatic imine (C=N–C) groups is 2. The molecule has 0 fully saturated rings. The van der Waals surface area contributed by atoms with Crippen LogP contribution in [-0.2, 0) is 9.53 Å². The number of hydrogen-bond donors (Lipinski definition) is 1. The molecule has 0 atom stereocenters. The van der Waals surface area contributed by atoms with Crippen LogP contribution in [-0.4, -0.2) is 23.0 Å². The van der Waals surface area contributed by atoms with E-state index in [-0.39, 0.29) is 5.71 Å². The summed E-state index contributed by atoms with van der Waals surface area (Å²) in [5.74, 6) is 0.337. The molecule has 2 heterocycles. The van der Waals surface area contributed by atoms with E-state index < -0.39 is 5.91 Å². The number of nitrogens with two attached hydrogens (primary N) is 1. The Morgan fingerprint density at radius 3 is 2.73 bits per heavy atom. The van der Waals surface area contributed by atoms with Gasteiger partial charge in [0, 0.05) is 35.0 Å². The van der Waals surface area contributed by atoms with Gasteiger partial charge in [-0.15, -0.1) is 0 Å². The summed E-state index contributed by atoms with van der Waals surface area (Å²) in [7, 11) is 0. The first-order valence-electron chi connectivity index (χ1n) is 10.1. The number of hydrogen-bond acceptors (Lipinski definition) is 6. The molecule has 1 aliphatic carbocycles. The molecule has 0 spiro atoms. The molecule has 2 aromatic rings. The minimum Gasteiger partial charge on any atom is -0.446 e. The Labute approximate surface area is 190 Å². The number of amides is 1. The van der Waals surface area contributed by atoms with Crippen LogP contribution in [0.4, 0.5) is 0 Å². The topological polar surface area (TPSA) is 99.2 Å². The van der Waals surface area contributed by atoms with E-state index in [1.54, 1.807) is 0 Å². The second-order valence-corrected chi connectivity index (χ2v) is 6.80. The lowest BCUT2D eigenvalue weighted by Crippen LogP contribution is -2.21. The number of rotatable bonds is 1. The van der Waals surface area contributed by atoms with Gasteiger partial charge in [0.15, 0.2) is 6.40 Å². The maximum Gasteiger partial charge on any atom is 0.267 e. The van der Waals surface area contributed by atoms with Crippen molar-refractivity contribution in [3.05, 3.63) is 114 Å². The SMILES string of the molecule is NC(=O)C1=N/C=C\N=COC2=CC=C/C2=C/C=C\C=C/c2cc3ccccc3nc2O/C=C\1. The molecule has 2 aliphatic rings. The van der Waals surface area contributed by atoms with Crippen molar-refractivity contribution in [2.45, 2.75) is 0 Å². The average Bonchev–Trinajstić information content (AvgIpc) is 3.26. The third kappa shape index (κ3) is 5.68. The number of nitrogens with zero attached hydrogens (tertiary/aromatic N) is 3. The summed E-state index contributed by atoms with van der Waals surface area (Å²) in [4.78, 5) is 24.3. The molecule has 1 aromatic carbocycles. The molecule has 1 aliphatic heterocycles. The fourth-order valence-electron chi connectivity index (χ4n) is 3.00. The lowest BCUT2D eigenvalue weighted by atomic mass is 10.1. The minimum atomic E-state index is -0.709. The van der Waals surface area contributed by atoms with Crippen molar-refractivity contribution in [2.75, 3.05) is 0 Å². The van der Waals surface area contributed by atoms with Crippen LogP contribution < -0.4 is 10.5 Å². The van der Waals surface area contributed by atoms with Crippen molar-refractivity contribution >= 4 is 35.0 Å². The predicted molar refractivity (Wildman–Crippen MR) is 130 cm³/mol. The maximum atomic E-state index is 11.7. The molecule has 0 saturated heterocycles. The molecule has 162 valence electrons. The highest BCUT2D eigenvalue weighted by Crippen LogP contribution is 2.24. The number of allylic oxidation sites excluding steroid dienone is 7. The number of carbonyl (C=O) groups is 1. The van der Waals surface area contributed by atoms with Crippen molar-refractivity contribution in [3.8, 4) is 5.88 Å². The van der Waals surface area contributed by atoms with Gasteiger partial charge in [-0.25, -0.2) is 15.0 Å². The molecule has 0 saturated carbocycles. The van der Waals surface area contributed by atoms with E-state index in [0.717, 1.165) is 22.0 Å². The number of primary amides is 1. The van der Waals surface area contributed by atoms with E-state index in [1.807, 2.05) is 78.9 Å². The molecule has 0 radical (unpaired) electrons. The third-order valence-corrected chi connectivity index (χ3v) is 4.56. The van der Waals surface area contributed by atoms with Gasteiger partial charge in [0.1, 0.15) is 11.5 Å². The van der Waals surface area contributed by atoms with Gasteiger partial charge in [0.25, 0.3) is 5.91 Å². The number of pyridine rings is 1. The van der Waals surface area contributed by atoms with Crippen molar-refractivity contribution in [1.29, 1.82) is 0 Å². The fraction of sp³-hybridized carbons (Fsp3) is 0. The number of benzene rings is 1. The molecular formula is C26H20N4O3. The van der Waals surface area contributed by atoms with Crippen LogP contribution in [0.5, 0.6) is 5.88 Å². The van der Waals surface area contributed by atoms with Crippen LogP contribution in [0.25, 0.3) is 17.0 Å². The van der Waals surface area contributed by atoms with Crippen LogP contribution in [0, 0.1) is 0 Å². The van der Waals surface area contributed by atoms with Crippen molar-refractivity contribution < 1.29 is 14.3 Å². The molecule has 0 bridgehead atoms. The highest BCUT2D eigenvalue weighted by Gasteiger charge is 2.07. The van der Waals surface area contributed by atoms with Crippen LogP contribution >= 0.6 is 0 Å². The first kappa shape index (κ1) is 21.5. The van der Waals surface area contributed by atoms with Crippen molar-refractivity contribution in [1.82, 2.24) is 4.98 Å². The zero-order valence-corrected chi connectivity index (χ0v) is 17.5. The quantitative estimate of drug-likeness (QED) is 0.710. The fourth-order valence-corrected chi connectivity index (χ4v) is 3.00. The van der Waals surface area contributed by atoms with E-state index in [4.69, 9.17) is 15.2 Å². The average molecular weight is 436 g/mol. The summed E-state index contributed by atoms with van der Waals surface area (Å²) in [6.45, 7) is 0. The number of carbonyl (C=O) groups excluding carboxylic acids is 1. The monoisotopic (exact) mass is 436 g/mol. The second-order valence-electron chi connectivity index (χ2n) is 6.80. The van der Waals surface area contributed by atoms with Gasteiger partial charge in [0.2, 0.25) is 5.88 Å². The van der Waals surface area contributed by atoms with Crippen LogP contribution in [0.15, 0.2) is 119 Å². The highest BCUT2D eigenvalue weighted by molar-refractivity contribution is 6.42. The molecule has 2 N–H and O–H groups in total. The van der Waals surface area contributed by atoms with E-state index >= 15 is 0 Å². The Bertz CT molecular complexity index is 1340. The lowest BCUT2D eigenvalue weighted by Gasteiger charge is -2.06. The van der Waals surface area contributed by atoms with Gasteiger partial charge in [-0.2, -0.15) is 0 Å². The smallest absolute Gasteiger partial charge is 0.267 e. The van der Waals surface area contributed by atoms with Crippen LogP contribution in [0.3, 0.4) is 0 Å². The second kappa shape index (κ2) is 10.5. The maximum absolute atomic E-state index is 11.7. The Morgan fingerprint density at radius 1 is 0.909 bits per heavy atom. The van der Waals surface area contributed by atoms with Crippen molar-refractivity contribution in [3.63, 3.8) is 0 Å². The van der Waals surface area contributed by atoms with Crippen LogP contribution in [0.2, 0.25) is 0 Å². The summed E-state index contributed by atoms with van der Waals surface area (Å²) < 4.78 is 11.3. The van der Waals surface area contributed by atoms with Gasteiger partial charge in [-0.3, -0.25) is 4.79 Å². The molecule has 1 amide bonds. The van der Waals surface area contributed by atoms with Gasteiger partial charge in [-0.1, -0.05) is 54.7 Å². The zero-order valence-electron chi connectivity index (χ0n) is 17.5. The summed E-state index contributed by atoms with van der Waals surface area (Å²) in [5.41, 5.74) is 7.86. The molecule has 1 aromatic heterocycles. The summed E-state index contributed by atoms with van der Waals surface area (Å²) in [5, 5.41) is 0.977. The Balaban J connectivity index is 1.72.